The molecule has 0 fully saturated rings. The Balaban J connectivity index is 2.66. The maximum Gasteiger partial charge on any atom is 0.230 e. The molecule has 1 aromatic carbocycles. The van der Waals surface area contributed by atoms with Crippen LogP contribution in [0, 0.1) is 0 Å². The largest absolute Gasteiger partial charge is 0.399 e. The van der Waals surface area contributed by atoms with E-state index >= 15 is 0 Å². The first-order valence-corrected chi connectivity index (χ1v) is 6.63. The summed E-state index contributed by atoms with van der Waals surface area (Å²) in [5.41, 5.74) is 6.72. The molecule has 1 amide bonds. The third kappa shape index (κ3) is 4.24. The van der Waals surface area contributed by atoms with Crippen molar-refractivity contribution in [3.05, 3.63) is 29.8 Å². The van der Waals surface area contributed by atoms with E-state index in [1.807, 2.05) is 52.0 Å². The summed E-state index contributed by atoms with van der Waals surface area (Å²) in [6.45, 7) is 8.86. The van der Waals surface area contributed by atoms with Gasteiger partial charge in [-0.3, -0.25) is 4.79 Å². The average Bonchev–Trinajstić information content (AvgIpc) is 2.36. The second-order valence-electron chi connectivity index (χ2n) is 5.22. The number of hydrogen-bond donors (Lipinski definition) is 2. The number of carbonyl (C=O) groups is 1. The molecule has 1 unspecified atom stereocenters. The minimum Gasteiger partial charge on any atom is -0.399 e. The van der Waals surface area contributed by atoms with Gasteiger partial charge in [-0.15, -0.1) is 0 Å². The Morgan fingerprint density at radius 1 is 1.37 bits per heavy atom. The fourth-order valence-electron chi connectivity index (χ4n) is 1.83. The quantitative estimate of drug-likeness (QED) is 0.773. The van der Waals surface area contributed by atoms with Crippen molar-refractivity contribution < 1.29 is 9.53 Å². The van der Waals surface area contributed by atoms with Crippen molar-refractivity contribution in [3.63, 3.8) is 0 Å². The monoisotopic (exact) mass is 264 g/mol. The van der Waals surface area contributed by atoms with Gasteiger partial charge in [0, 0.05) is 18.8 Å². The van der Waals surface area contributed by atoms with Crippen LogP contribution in [-0.4, -0.2) is 25.2 Å². The van der Waals surface area contributed by atoms with Crippen molar-refractivity contribution in [1.29, 1.82) is 0 Å². The van der Waals surface area contributed by atoms with Gasteiger partial charge in [-0.05, 0) is 45.4 Å². The summed E-state index contributed by atoms with van der Waals surface area (Å²) < 4.78 is 5.40. The lowest BCUT2D eigenvalue weighted by atomic mass is 9.83. The van der Waals surface area contributed by atoms with E-state index in [0.717, 1.165) is 5.56 Å². The van der Waals surface area contributed by atoms with Gasteiger partial charge in [0.25, 0.3) is 0 Å². The molecule has 3 N–H and O–H groups in total. The number of nitrogens with one attached hydrogen (secondary N) is 1. The second kappa shape index (κ2) is 6.57. The van der Waals surface area contributed by atoms with E-state index < -0.39 is 5.41 Å². The maximum absolute atomic E-state index is 12.3. The minimum atomic E-state index is -0.584. The highest BCUT2D eigenvalue weighted by atomic mass is 16.5. The lowest BCUT2D eigenvalue weighted by Crippen LogP contribution is -2.43. The highest BCUT2D eigenvalue weighted by molar-refractivity contribution is 5.87. The summed E-state index contributed by atoms with van der Waals surface area (Å²) in [6, 6.07) is 7.40. The van der Waals surface area contributed by atoms with E-state index in [1.54, 1.807) is 0 Å². The van der Waals surface area contributed by atoms with Crippen LogP contribution in [0.25, 0.3) is 0 Å². The molecular weight excluding hydrogens is 240 g/mol. The minimum absolute atomic E-state index is 0.0103. The van der Waals surface area contributed by atoms with Gasteiger partial charge >= 0.3 is 0 Å². The van der Waals surface area contributed by atoms with Crippen LogP contribution in [0.4, 0.5) is 5.69 Å². The molecule has 1 atom stereocenters. The Morgan fingerprint density at radius 2 is 1.95 bits per heavy atom. The normalized spacial score (nSPS) is 13.1. The van der Waals surface area contributed by atoms with Crippen molar-refractivity contribution in [2.45, 2.75) is 39.2 Å². The van der Waals surface area contributed by atoms with Gasteiger partial charge in [0.1, 0.15) is 0 Å². The molecular formula is C15H24N2O2. The number of benzene rings is 1. The van der Waals surface area contributed by atoms with E-state index in [1.165, 1.54) is 0 Å². The van der Waals surface area contributed by atoms with Crippen LogP contribution in [0.3, 0.4) is 0 Å². The molecule has 0 aliphatic carbocycles. The number of hydrogen-bond acceptors (Lipinski definition) is 3. The summed E-state index contributed by atoms with van der Waals surface area (Å²) in [6.07, 6.45) is 0.0242. The summed E-state index contributed by atoms with van der Waals surface area (Å²) in [5, 5.41) is 2.93. The molecule has 0 aromatic heterocycles. The summed E-state index contributed by atoms with van der Waals surface area (Å²) in [4.78, 5) is 12.3. The molecule has 0 spiro atoms. The van der Waals surface area contributed by atoms with Gasteiger partial charge in [-0.25, -0.2) is 0 Å². The Morgan fingerprint density at radius 3 is 2.47 bits per heavy atom. The van der Waals surface area contributed by atoms with Gasteiger partial charge < -0.3 is 15.8 Å². The van der Waals surface area contributed by atoms with Gasteiger partial charge in [0.05, 0.1) is 11.5 Å². The Hall–Kier alpha value is -1.55. The van der Waals surface area contributed by atoms with Gasteiger partial charge in [0.2, 0.25) is 5.91 Å². The molecule has 0 radical (unpaired) electrons. The molecule has 0 aliphatic heterocycles. The van der Waals surface area contributed by atoms with Gasteiger partial charge in [0.15, 0.2) is 0 Å². The van der Waals surface area contributed by atoms with Crippen LogP contribution in [0.5, 0.6) is 0 Å². The molecule has 1 aromatic rings. The lowest BCUT2D eigenvalue weighted by molar-refractivity contribution is -0.126. The van der Waals surface area contributed by atoms with Crippen molar-refractivity contribution in [2.24, 2.45) is 0 Å². The van der Waals surface area contributed by atoms with Crippen molar-refractivity contribution >= 4 is 11.6 Å². The Bertz CT molecular complexity index is 413. The number of carbonyl (C=O) groups excluding carboxylic acids is 1. The molecule has 4 nitrogen and oxygen atoms in total. The van der Waals surface area contributed by atoms with Crippen molar-refractivity contribution in [2.75, 3.05) is 18.9 Å². The molecule has 0 aliphatic rings. The number of ether oxygens (including phenoxy) is 1. The zero-order chi connectivity index (χ0) is 14.5. The number of anilines is 1. The van der Waals surface area contributed by atoms with Crippen LogP contribution in [0.2, 0.25) is 0 Å². The molecule has 19 heavy (non-hydrogen) atoms. The number of nitrogen functional groups attached to an aromatic ring is 1. The third-order valence-corrected chi connectivity index (χ3v) is 3.20. The first kappa shape index (κ1) is 15.5. The Kier molecular flexibility index (Phi) is 5.36. The fraction of sp³-hybridized carbons (Fsp3) is 0.533. The highest BCUT2D eigenvalue weighted by Crippen LogP contribution is 2.24. The van der Waals surface area contributed by atoms with E-state index in [4.69, 9.17) is 10.5 Å². The number of nitrogens with two attached hydrogens (primary N) is 1. The number of amides is 1. The maximum atomic E-state index is 12.3. The van der Waals surface area contributed by atoms with Crippen LogP contribution in [0.1, 0.15) is 33.3 Å². The van der Waals surface area contributed by atoms with Crippen LogP contribution in [0.15, 0.2) is 24.3 Å². The molecule has 0 bridgehead atoms. The molecule has 4 heteroatoms. The predicted molar refractivity (Wildman–Crippen MR) is 78.0 cm³/mol. The van der Waals surface area contributed by atoms with E-state index in [-0.39, 0.29) is 12.0 Å². The zero-order valence-electron chi connectivity index (χ0n) is 12.2. The second-order valence-corrected chi connectivity index (χ2v) is 5.22. The standard InChI is InChI=1S/C15H24N2O2/c1-5-19-11(2)10-17-14(18)15(3,4)12-6-8-13(16)9-7-12/h6-9,11H,5,10,16H2,1-4H3,(H,17,18). The zero-order valence-corrected chi connectivity index (χ0v) is 12.2. The van der Waals surface area contributed by atoms with Crippen molar-refractivity contribution in [1.82, 2.24) is 5.32 Å². The van der Waals surface area contributed by atoms with Crippen LogP contribution < -0.4 is 11.1 Å². The fourth-order valence-corrected chi connectivity index (χ4v) is 1.83. The smallest absolute Gasteiger partial charge is 0.230 e. The predicted octanol–water partition coefficient (Wildman–Crippen LogP) is 2.09. The molecule has 106 valence electrons. The highest BCUT2D eigenvalue weighted by Gasteiger charge is 2.29. The topological polar surface area (TPSA) is 64.3 Å². The first-order chi connectivity index (χ1) is 8.87. The summed E-state index contributed by atoms with van der Waals surface area (Å²) >= 11 is 0. The average molecular weight is 264 g/mol. The van der Waals surface area contributed by atoms with Gasteiger partial charge in [-0.1, -0.05) is 12.1 Å². The molecule has 0 saturated heterocycles. The molecule has 0 heterocycles. The molecule has 1 rings (SSSR count). The van der Waals surface area contributed by atoms with Crippen molar-refractivity contribution in [3.8, 4) is 0 Å². The van der Waals surface area contributed by atoms with E-state index in [9.17, 15) is 4.79 Å². The van der Waals surface area contributed by atoms with Crippen LogP contribution in [-0.2, 0) is 14.9 Å². The van der Waals surface area contributed by atoms with E-state index in [2.05, 4.69) is 5.32 Å². The Labute approximate surface area is 115 Å². The summed E-state index contributed by atoms with van der Waals surface area (Å²) in [5.74, 6) is -0.0103. The van der Waals surface area contributed by atoms with Crippen LogP contribution >= 0.6 is 0 Å². The van der Waals surface area contributed by atoms with Gasteiger partial charge in [-0.2, -0.15) is 0 Å². The lowest BCUT2D eigenvalue weighted by Gasteiger charge is -2.25. The third-order valence-electron chi connectivity index (χ3n) is 3.20. The van der Waals surface area contributed by atoms with E-state index in [0.29, 0.717) is 18.8 Å². The first-order valence-electron chi connectivity index (χ1n) is 6.63. The number of rotatable bonds is 6. The SMILES string of the molecule is CCOC(C)CNC(=O)C(C)(C)c1ccc(N)cc1. The summed E-state index contributed by atoms with van der Waals surface area (Å²) in [7, 11) is 0. The molecule has 0 saturated carbocycles.